The normalized spacial score (nSPS) is 18.9. The third-order valence-corrected chi connectivity index (χ3v) is 2.08. The fraction of sp³-hybridized carbons (Fsp3) is 0.667. The summed E-state index contributed by atoms with van der Waals surface area (Å²) in [5.74, 6) is 0. The Labute approximate surface area is 81.5 Å². The lowest BCUT2D eigenvalue weighted by atomic mass is 10.1. The summed E-state index contributed by atoms with van der Waals surface area (Å²) in [4.78, 5) is 0. The van der Waals surface area contributed by atoms with Crippen LogP contribution in [0.4, 0.5) is 0 Å². The minimum absolute atomic E-state index is 0.0376. The van der Waals surface area contributed by atoms with E-state index in [1.807, 2.05) is 0 Å². The van der Waals surface area contributed by atoms with Crippen LogP contribution < -0.4 is 0 Å². The van der Waals surface area contributed by atoms with Gasteiger partial charge in [0.2, 0.25) is 0 Å². The molecule has 0 fully saturated rings. The summed E-state index contributed by atoms with van der Waals surface area (Å²) in [6.07, 6.45) is 8.91. The molecule has 0 saturated carbocycles. The zero-order valence-corrected chi connectivity index (χ0v) is 9.13. The van der Waals surface area contributed by atoms with Crippen molar-refractivity contribution in [1.82, 2.24) is 0 Å². The Hall–Kier alpha value is -0.560. The van der Waals surface area contributed by atoms with Gasteiger partial charge in [-0.2, -0.15) is 0 Å². The Balaban J connectivity index is 2.53. The van der Waals surface area contributed by atoms with E-state index < -0.39 is 0 Å². The molecule has 1 aliphatic rings. The molecule has 1 nitrogen and oxygen atoms in total. The van der Waals surface area contributed by atoms with Crippen molar-refractivity contribution >= 4 is 0 Å². The average Bonchev–Trinajstić information content (AvgIpc) is 2.50. The third kappa shape index (κ3) is 3.35. The SMILES string of the molecule is CCC(OC(C)(C)C)C1=CC=CC1. The molecule has 0 aromatic carbocycles. The molecule has 74 valence electrons. The zero-order valence-electron chi connectivity index (χ0n) is 9.13. The summed E-state index contributed by atoms with van der Waals surface area (Å²) in [7, 11) is 0. The molecule has 0 N–H and O–H groups in total. The molecule has 0 aromatic heterocycles. The van der Waals surface area contributed by atoms with Gasteiger partial charge < -0.3 is 4.74 Å². The summed E-state index contributed by atoms with van der Waals surface area (Å²) in [6.45, 7) is 8.51. The van der Waals surface area contributed by atoms with Crippen LogP contribution in [0.1, 0.15) is 40.5 Å². The zero-order chi connectivity index (χ0) is 9.90. The van der Waals surface area contributed by atoms with Crippen LogP contribution in [0.2, 0.25) is 0 Å². The Morgan fingerprint density at radius 1 is 1.46 bits per heavy atom. The Bertz CT molecular complexity index is 218. The Morgan fingerprint density at radius 2 is 2.15 bits per heavy atom. The summed E-state index contributed by atoms with van der Waals surface area (Å²) in [5, 5.41) is 0. The number of allylic oxidation sites excluding steroid dienone is 3. The largest absolute Gasteiger partial charge is 0.368 e. The fourth-order valence-corrected chi connectivity index (χ4v) is 1.55. The van der Waals surface area contributed by atoms with Crippen LogP contribution in [-0.4, -0.2) is 11.7 Å². The van der Waals surface area contributed by atoms with E-state index >= 15 is 0 Å². The highest BCUT2D eigenvalue weighted by atomic mass is 16.5. The number of ether oxygens (including phenoxy) is 1. The van der Waals surface area contributed by atoms with Gasteiger partial charge in [-0.3, -0.25) is 0 Å². The molecule has 0 aromatic rings. The lowest BCUT2D eigenvalue weighted by Gasteiger charge is -2.27. The molecule has 0 radical (unpaired) electrons. The van der Waals surface area contributed by atoms with E-state index in [0.29, 0.717) is 6.10 Å². The van der Waals surface area contributed by atoms with E-state index in [1.165, 1.54) is 5.57 Å². The highest BCUT2D eigenvalue weighted by molar-refractivity contribution is 5.26. The predicted molar refractivity (Wildman–Crippen MR) is 56.8 cm³/mol. The summed E-state index contributed by atoms with van der Waals surface area (Å²) in [6, 6.07) is 0. The first-order valence-corrected chi connectivity index (χ1v) is 5.06. The smallest absolute Gasteiger partial charge is 0.0795 e. The molecule has 1 atom stereocenters. The molecular formula is C12H20O. The second-order valence-electron chi connectivity index (χ2n) is 4.50. The lowest BCUT2D eigenvalue weighted by molar-refractivity contribution is -0.0446. The summed E-state index contributed by atoms with van der Waals surface area (Å²) < 4.78 is 5.96. The minimum atomic E-state index is -0.0376. The molecule has 0 aliphatic heterocycles. The first-order chi connectivity index (χ1) is 6.03. The van der Waals surface area contributed by atoms with Gasteiger partial charge in [-0.15, -0.1) is 0 Å². The predicted octanol–water partition coefficient (Wildman–Crippen LogP) is 3.47. The highest BCUT2D eigenvalue weighted by Crippen LogP contribution is 2.24. The Morgan fingerprint density at radius 3 is 2.54 bits per heavy atom. The maximum absolute atomic E-state index is 5.96. The van der Waals surface area contributed by atoms with Gasteiger partial charge >= 0.3 is 0 Å². The first kappa shape index (κ1) is 10.5. The van der Waals surface area contributed by atoms with Crippen molar-refractivity contribution in [3.05, 3.63) is 23.8 Å². The van der Waals surface area contributed by atoms with E-state index in [0.717, 1.165) is 12.8 Å². The van der Waals surface area contributed by atoms with Crippen molar-refractivity contribution in [2.45, 2.75) is 52.2 Å². The standard InChI is InChI=1S/C12H20O/c1-5-11(13-12(2,3)4)10-8-6-7-9-10/h6-8,11H,5,9H2,1-4H3. The monoisotopic (exact) mass is 180 g/mol. The molecule has 1 heteroatoms. The van der Waals surface area contributed by atoms with E-state index in [9.17, 15) is 0 Å². The van der Waals surface area contributed by atoms with Gasteiger partial charge in [-0.05, 0) is 39.2 Å². The molecule has 1 unspecified atom stereocenters. The number of hydrogen-bond acceptors (Lipinski definition) is 1. The molecule has 0 bridgehead atoms. The molecule has 0 saturated heterocycles. The lowest BCUT2D eigenvalue weighted by Crippen LogP contribution is -2.28. The fourth-order valence-electron chi connectivity index (χ4n) is 1.55. The van der Waals surface area contributed by atoms with Crippen molar-refractivity contribution in [2.24, 2.45) is 0 Å². The van der Waals surface area contributed by atoms with Crippen LogP contribution in [0.5, 0.6) is 0 Å². The van der Waals surface area contributed by atoms with E-state index in [2.05, 4.69) is 45.9 Å². The number of hydrogen-bond donors (Lipinski definition) is 0. The van der Waals surface area contributed by atoms with Gasteiger partial charge in [-0.25, -0.2) is 0 Å². The van der Waals surface area contributed by atoms with Crippen LogP contribution >= 0.6 is 0 Å². The molecule has 0 amide bonds. The summed E-state index contributed by atoms with van der Waals surface area (Å²) >= 11 is 0. The highest BCUT2D eigenvalue weighted by Gasteiger charge is 2.20. The Kier molecular flexibility index (Phi) is 3.32. The summed E-state index contributed by atoms with van der Waals surface area (Å²) in [5.41, 5.74) is 1.38. The van der Waals surface area contributed by atoms with Gasteiger partial charge in [0.25, 0.3) is 0 Å². The van der Waals surface area contributed by atoms with Crippen molar-refractivity contribution < 1.29 is 4.74 Å². The van der Waals surface area contributed by atoms with Crippen molar-refractivity contribution in [3.63, 3.8) is 0 Å². The molecule has 0 spiro atoms. The van der Waals surface area contributed by atoms with E-state index in [1.54, 1.807) is 0 Å². The van der Waals surface area contributed by atoms with Gasteiger partial charge in [0, 0.05) is 0 Å². The number of rotatable bonds is 3. The van der Waals surface area contributed by atoms with Crippen molar-refractivity contribution in [2.75, 3.05) is 0 Å². The second-order valence-corrected chi connectivity index (χ2v) is 4.50. The van der Waals surface area contributed by atoms with Gasteiger partial charge in [0.1, 0.15) is 0 Å². The van der Waals surface area contributed by atoms with Crippen LogP contribution in [0.25, 0.3) is 0 Å². The maximum atomic E-state index is 5.96. The molecule has 1 rings (SSSR count). The minimum Gasteiger partial charge on any atom is -0.368 e. The average molecular weight is 180 g/mol. The molecule has 13 heavy (non-hydrogen) atoms. The molecular weight excluding hydrogens is 160 g/mol. The topological polar surface area (TPSA) is 9.23 Å². The van der Waals surface area contributed by atoms with Crippen molar-refractivity contribution in [3.8, 4) is 0 Å². The van der Waals surface area contributed by atoms with Gasteiger partial charge in [-0.1, -0.05) is 25.2 Å². The van der Waals surface area contributed by atoms with Crippen molar-refractivity contribution in [1.29, 1.82) is 0 Å². The van der Waals surface area contributed by atoms with Crippen LogP contribution in [-0.2, 0) is 4.74 Å². The van der Waals surface area contributed by atoms with E-state index in [-0.39, 0.29) is 5.60 Å². The quantitative estimate of drug-likeness (QED) is 0.646. The third-order valence-electron chi connectivity index (χ3n) is 2.08. The van der Waals surface area contributed by atoms with Gasteiger partial charge in [0.15, 0.2) is 0 Å². The van der Waals surface area contributed by atoms with Crippen LogP contribution in [0.3, 0.4) is 0 Å². The maximum Gasteiger partial charge on any atom is 0.0795 e. The van der Waals surface area contributed by atoms with Crippen LogP contribution in [0.15, 0.2) is 23.8 Å². The first-order valence-electron chi connectivity index (χ1n) is 5.06. The molecule has 0 heterocycles. The van der Waals surface area contributed by atoms with E-state index in [4.69, 9.17) is 4.74 Å². The van der Waals surface area contributed by atoms with Gasteiger partial charge in [0.05, 0.1) is 11.7 Å². The molecule has 1 aliphatic carbocycles. The second kappa shape index (κ2) is 4.10. The van der Waals surface area contributed by atoms with Crippen LogP contribution in [0, 0.1) is 0 Å².